The van der Waals surface area contributed by atoms with Gasteiger partial charge in [0.15, 0.2) is 0 Å². The van der Waals surface area contributed by atoms with Crippen molar-refractivity contribution in [3.8, 4) is 5.69 Å². The summed E-state index contributed by atoms with van der Waals surface area (Å²) in [5, 5.41) is 6.26. The molecular weight excluding hydrogens is 252 g/mol. The fraction of sp³-hybridized carbons (Fsp3) is 0.333. The van der Waals surface area contributed by atoms with Crippen LogP contribution in [0, 0.1) is 5.92 Å². The predicted molar refractivity (Wildman–Crippen MR) is 77.8 cm³/mol. The number of amides is 1. The van der Waals surface area contributed by atoms with E-state index in [1.807, 2.05) is 35.0 Å². The van der Waals surface area contributed by atoms with Gasteiger partial charge in [0.05, 0.1) is 12.2 Å². The summed E-state index contributed by atoms with van der Waals surface area (Å²) in [5.41, 5.74) is 1.81. The maximum atomic E-state index is 12.2. The largest absolute Gasteiger partial charge is 0.326 e. The summed E-state index contributed by atoms with van der Waals surface area (Å²) < 4.78 is 1.91. The van der Waals surface area contributed by atoms with Gasteiger partial charge in [0.2, 0.25) is 5.91 Å². The van der Waals surface area contributed by atoms with Gasteiger partial charge in [-0.25, -0.2) is 4.98 Å². The van der Waals surface area contributed by atoms with Crippen LogP contribution in [-0.2, 0) is 4.79 Å². The zero-order valence-electron chi connectivity index (χ0n) is 11.2. The minimum atomic E-state index is 0.0700. The predicted octanol–water partition coefficient (Wildman–Crippen LogP) is 1.81. The number of hydrogen-bond donors (Lipinski definition) is 2. The van der Waals surface area contributed by atoms with Crippen LogP contribution < -0.4 is 10.6 Å². The average molecular weight is 270 g/mol. The van der Waals surface area contributed by atoms with Crippen molar-refractivity contribution in [3.05, 3.63) is 43.0 Å². The van der Waals surface area contributed by atoms with Gasteiger partial charge in [-0.15, -0.1) is 0 Å². The summed E-state index contributed by atoms with van der Waals surface area (Å²) in [5.74, 6) is 0.167. The molecule has 1 fully saturated rings. The number of aromatic nitrogens is 2. The third kappa shape index (κ3) is 2.88. The number of imidazole rings is 1. The molecule has 0 aliphatic carbocycles. The molecule has 104 valence electrons. The summed E-state index contributed by atoms with van der Waals surface area (Å²) in [6, 6.07) is 7.79. The van der Waals surface area contributed by atoms with Crippen molar-refractivity contribution in [1.29, 1.82) is 0 Å². The topological polar surface area (TPSA) is 59.0 Å². The maximum absolute atomic E-state index is 12.2. The van der Waals surface area contributed by atoms with E-state index >= 15 is 0 Å². The molecular formula is C15H18N4O. The lowest BCUT2D eigenvalue weighted by molar-refractivity contribution is -0.120. The van der Waals surface area contributed by atoms with E-state index in [9.17, 15) is 4.79 Å². The number of hydrogen-bond acceptors (Lipinski definition) is 3. The van der Waals surface area contributed by atoms with Gasteiger partial charge in [0.25, 0.3) is 0 Å². The standard InChI is InChI=1S/C15H18N4O/c20-15(12-3-2-6-16-10-12)18-13-4-1-5-14(9-13)19-8-7-17-11-19/h1,4-5,7-9,11-12,16H,2-3,6,10H2,(H,18,20)/t12-/m1/s1. The van der Waals surface area contributed by atoms with E-state index in [-0.39, 0.29) is 11.8 Å². The Bertz CT molecular complexity index is 573. The van der Waals surface area contributed by atoms with E-state index in [4.69, 9.17) is 0 Å². The molecule has 3 rings (SSSR count). The van der Waals surface area contributed by atoms with Gasteiger partial charge in [-0.3, -0.25) is 4.79 Å². The molecule has 2 N–H and O–H groups in total. The van der Waals surface area contributed by atoms with E-state index in [0.717, 1.165) is 37.3 Å². The molecule has 0 saturated carbocycles. The minimum Gasteiger partial charge on any atom is -0.326 e. The van der Waals surface area contributed by atoms with Gasteiger partial charge in [0, 0.05) is 30.3 Å². The number of piperidine rings is 1. The molecule has 1 atom stereocenters. The number of nitrogens with one attached hydrogen (secondary N) is 2. The average Bonchev–Trinajstić information content (AvgIpc) is 3.03. The second-order valence-electron chi connectivity index (χ2n) is 5.05. The summed E-state index contributed by atoms with van der Waals surface area (Å²) in [4.78, 5) is 16.2. The van der Waals surface area contributed by atoms with Crippen molar-refractivity contribution in [2.75, 3.05) is 18.4 Å². The van der Waals surface area contributed by atoms with Crippen LogP contribution in [0.5, 0.6) is 0 Å². The van der Waals surface area contributed by atoms with Crippen LogP contribution in [0.1, 0.15) is 12.8 Å². The molecule has 1 aliphatic heterocycles. The fourth-order valence-electron chi connectivity index (χ4n) is 2.48. The second kappa shape index (κ2) is 5.88. The zero-order valence-corrected chi connectivity index (χ0v) is 11.2. The number of anilines is 1. The normalized spacial score (nSPS) is 18.7. The number of rotatable bonds is 3. The molecule has 1 aromatic heterocycles. The molecule has 2 heterocycles. The lowest BCUT2D eigenvalue weighted by atomic mass is 9.99. The first-order valence-electron chi connectivity index (χ1n) is 6.93. The fourth-order valence-corrected chi connectivity index (χ4v) is 2.48. The van der Waals surface area contributed by atoms with Crippen LogP contribution in [0.25, 0.3) is 5.69 Å². The van der Waals surface area contributed by atoms with Crippen LogP contribution in [0.15, 0.2) is 43.0 Å². The Morgan fingerprint density at radius 2 is 2.40 bits per heavy atom. The molecule has 5 nitrogen and oxygen atoms in total. The van der Waals surface area contributed by atoms with E-state index in [1.165, 1.54) is 0 Å². The highest BCUT2D eigenvalue weighted by Crippen LogP contribution is 2.17. The highest BCUT2D eigenvalue weighted by atomic mass is 16.1. The first-order valence-corrected chi connectivity index (χ1v) is 6.93. The van der Waals surface area contributed by atoms with E-state index < -0.39 is 0 Å². The molecule has 1 saturated heterocycles. The third-order valence-corrected chi connectivity index (χ3v) is 3.58. The summed E-state index contributed by atoms with van der Waals surface area (Å²) >= 11 is 0. The van der Waals surface area contributed by atoms with Crippen LogP contribution in [0.2, 0.25) is 0 Å². The minimum absolute atomic E-state index is 0.0700. The Kier molecular flexibility index (Phi) is 3.78. The monoisotopic (exact) mass is 270 g/mol. The molecule has 0 radical (unpaired) electrons. The van der Waals surface area contributed by atoms with Gasteiger partial charge in [0.1, 0.15) is 0 Å². The van der Waals surface area contributed by atoms with Crippen molar-refractivity contribution in [1.82, 2.24) is 14.9 Å². The maximum Gasteiger partial charge on any atom is 0.228 e. The Morgan fingerprint density at radius 1 is 1.45 bits per heavy atom. The Labute approximate surface area is 118 Å². The quantitative estimate of drug-likeness (QED) is 0.894. The lowest BCUT2D eigenvalue weighted by Gasteiger charge is -2.22. The van der Waals surface area contributed by atoms with Gasteiger partial charge in [-0.2, -0.15) is 0 Å². The van der Waals surface area contributed by atoms with Crippen LogP contribution in [0.4, 0.5) is 5.69 Å². The molecule has 20 heavy (non-hydrogen) atoms. The van der Waals surface area contributed by atoms with E-state index in [1.54, 1.807) is 12.5 Å². The van der Waals surface area contributed by atoms with Crippen LogP contribution in [-0.4, -0.2) is 28.5 Å². The molecule has 5 heteroatoms. The Balaban J connectivity index is 1.71. The van der Waals surface area contributed by atoms with Crippen molar-refractivity contribution in [2.24, 2.45) is 5.92 Å². The van der Waals surface area contributed by atoms with Gasteiger partial charge >= 0.3 is 0 Å². The summed E-state index contributed by atoms with van der Waals surface area (Å²) in [6.07, 6.45) is 7.38. The van der Waals surface area contributed by atoms with Crippen LogP contribution in [0.3, 0.4) is 0 Å². The summed E-state index contributed by atoms with van der Waals surface area (Å²) in [7, 11) is 0. The van der Waals surface area contributed by atoms with Crippen molar-refractivity contribution in [2.45, 2.75) is 12.8 Å². The molecule has 0 unspecified atom stereocenters. The van der Waals surface area contributed by atoms with E-state index in [0.29, 0.717) is 0 Å². The highest BCUT2D eigenvalue weighted by Gasteiger charge is 2.20. The van der Waals surface area contributed by atoms with Gasteiger partial charge < -0.3 is 15.2 Å². The van der Waals surface area contributed by atoms with Crippen molar-refractivity contribution in [3.63, 3.8) is 0 Å². The van der Waals surface area contributed by atoms with E-state index in [2.05, 4.69) is 15.6 Å². The summed E-state index contributed by atoms with van der Waals surface area (Å²) in [6.45, 7) is 1.78. The lowest BCUT2D eigenvalue weighted by Crippen LogP contribution is -2.37. The Hall–Kier alpha value is -2.14. The third-order valence-electron chi connectivity index (χ3n) is 3.58. The Morgan fingerprint density at radius 3 is 3.15 bits per heavy atom. The van der Waals surface area contributed by atoms with Crippen LogP contribution >= 0.6 is 0 Å². The number of carbonyl (C=O) groups excluding carboxylic acids is 1. The first-order chi connectivity index (χ1) is 9.83. The van der Waals surface area contributed by atoms with Gasteiger partial charge in [-0.1, -0.05) is 6.07 Å². The van der Waals surface area contributed by atoms with Gasteiger partial charge in [-0.05, 0) is 37.6 Å². The SMILES string of the molecule is O=C(Nc1cccc(-n2ccnc2)c1)[C@@H]1CCCNC1. The molecule has 1 aromatic carbocycles. The second-order valence-corrected chi connectivity index (χ2v) is 5.05. The van der Waals surface area contributed by atoms with Crippen molar-refractivity contribution < 1.29 is 4.79 Å². The molecule has 1 amide bonds. The smallest absolute Gasteiger partial charge is 0.228 e. The number of carbonyl (C=O) groups is 1. The molecule has 2 aromatic rings. The number of nitrogens with zero attached hydrogens (tertiary/aromatic N) is 2. The number of benzene rings is 1. The highest BCUT2D eigenvalue weighted by molar-refractivity contribution is 5.93. The van der Waals surface area contributed by atoms with Crippen molar-refractivity contribution >= 4 is 11.6 Å². The first kappa shape index (κ1) is 12.9. The molecule has 0 bridgehead atoms. The zero-order chi connectivity index (χ0) is 13.8. The molecule has 1 aliphatic rings. The molecule has 0 spiro atoms.